The Bertz CT molecular complexity index is 1010. The number of urea groups is 1. The molecule has 1 aliphatic carbocycles. The van der Waals surface area contributed by atoms with Crippen molar-refractivity contribution in [1.82, 2.24) is 19.9 Å². The van der Waals surface area contributed by atoms with Crippen LogP contribution in [0.4, 0.5) is 23.7 Å². The fraction of sp³-hybridized carbons (Fsp3) is 0.591. The summed E-state index contributed by atoms with van der Waals surface area (Å²) in [7, 11) is 0. The van der Waals surface area contributed by atoms with Gasteiger partial charge in [0.25, 0.3) is 0 Å². The first-order valence-corrected chi connectivity index (χ1v) is 11.6. The molecule has 2 fully saturated rings. The second kappa shape index (κ2) is 9.71. The lowest BCUT2D eigenvalue weighted by Gasteiger charge is -2.65. The Morgan fingerprint density at radius 1 is 1.29 bits per heavy atom. The maximum Gasteiger partial charge on any atom is 0.522 e. The zero-order chi connectivity index (χ0) is 24.5. The van der Waals surface area contributed by atoms with Gasteiger partial charge < -0.3 is 15.0 Å². The highest BCUT2D eigenvalue weighted by molar-refractivity contribution is 6.32. The number of carbonyl (C=O) groups excluding carboxylic acids is 1. The summed E-state index contributed by atoms with van der Waals surface area (Å²) in [4.78, 5) is 16.6. The van der Waals surface area contributed by atoms with Crippen molar-refractivity contribution in [3.8, 4) is 5.69 Å². The standard InChI is InChI=1S/C22H27ClF3N5O3/c1-3-19(33-8-9-34-22(24,25)26)21-12-14(2)10-16(13-21)30(21)20(32)29-15-4-5-17(23)18(11-15)31-27-6-7-28-31/h4-7,11,14,16,19H,3,8-10,12-13H2,1-2H3,(H,29,32)/t14?,16?,19?,21-/m0/s1. The molecule has 1 saturated heterocycles. The van der Waals surface area contributed by atoms with E-state index in [4.69, 9.17) is 16.3 Å². The molecule has 0 radical (unpaired) electrons. The van der Waals surface area contributed by atoms with E-state index in [1.165, 1.54) is 17.2 Å². The summed E-state index contributed by atoms with van der Waals surface area (Å²) in [6.07, 6.45) is 0.862. The molecule has 2 aromatic rings. The molecule has 1 aliphatic heterocycles. The number of hydrogen-bond donors (Lipinski definition) is 1. The van der Waals surface area contributed by atoms with E-state index in [1.54, 1.807) is 18.2 Å². The van der Waals surface area contributed by atoms with Crippen LogP contribution in [0.25, 0.3) is 5.69 Å². The van der Waals surface area contributed by atoms with Gasteiger partial charge in [0, 0.05) is 11.7 Å². The predicted octanol–water partition coefficient (Wildman–Crippen LogP) is 5.03. The van der Waals surface area contributed by atoms with Gasteiger partial charge in [-0.15, -0.1) is 13.2 Å². The Morgan fingerprint density at radius 2 is 2.03 bits per heavy atom. The third-order valence-corrected chi connectivity index (χ3v) is 6.82. The minimum absolute atomic E-state index is 0.0485. The summed E-state index contributed by atoms with van der Waals surface area (Å²) in [5.41, 5.74) is 0.483. The van der Waals surface area contributed by atoms with E-state index in [0.717, 1.165) is 19.3 Å². The Labute approximate surface area is 200 Å². The monoisotopic (exact) mass is 501 g/mol. The van der Waals surface area contributed by atoms with Crippen LogP contribution in [0.3, 0.4) is 0 Å². The van der Waals surface area contributed by atoms with Crippen molar-refractivity contribution in [1.29, 1.82) is 0 Å². The second-order valence-electron chi connectivity index (χ2n) is 8.85. The number of piperidine rings is 1. The van der Waals surface area contributed by atoms with Crippen LogP contribution in [0.5, 0.6) is 0 Å². The molecular formula is C22H27ClF3N5O3. The molecule has 34 heavy (non-hydrogen) atoms. The highest BCUT2D eigenvalue weighted by Gasteiger charge is 2.61. The van der Waals surface area contributed by atoms with E-state index in [0.29, 0.717) is 28.7 Å². The Kier molecular flexibility index (Phi) is 7.07. The molecule has 2 amide bonds. The van der Waals surface area contributed by atoms with Gasteiger partial charge in [0.05, 0.1) is 42.3 Å². The van der Waals surface area contributed by atoms with Gasteiger partial charge in [0.15, 0.2) is 0 Å². The minimum atomic E-state index is -4.70. The number of fused-ring (bicyclic) bond motifs is 2. The molecule has 4 atom stereocenters. The minimum Gasteiger partial charge on any atom is -0.373 e. The maximum atomic E-state index is 13.4. The van der Waals surface area contributed by atoms with E-state index in [1.807, 2.05) is 11.8 Å². The number of ether oxygens (including phenoxy) is 2. The van der Waals surface area contributed by atoms with Gasteiger partial charge in [-0.05, 0) is 49.8 Å². The number of halogens is 4. The summed E-state index contributed by atoms with van der Waals surface area (Å²) in [5, 5.41) is 11.5. The molecule has 3 unspecified atom stereocenters. The first kappa shape index (κ1) is 24.7. The Hall–Kier alpha value is -2.37. The number of benzene rings is 1. The lowest BCUT2D eigenvalue weighted by atomic mass is 9.61. The Balaban J connectivity index is 1.49. The summed E-state index contributed by atoms with van der Waals surface area (Å²) >= 11 is 6.27. The number of nitrogens with zero attached hydrogens (tertiary/aromatic N) is 4. The summed E-state index contributed by atoms with van der Waals surface area (Å²) in [5.74, 6) is 0.375. The smallest absolute Gasteiger partial charge is 0.373 e. The number of likely N-dealkylation sites (tertiary alicyclic amines) is 1. The fourth-order valence-corrected chi connectivity index (χ4v) is 5.62. The molecule has 186 valence electrons. The fourth-order valence-electron chi connectivity index (χ4n) is 5.42. The van der Waals surface area contributed by atoms with Crippen molar-refractivity contribution in [2.45, 2.75) is 63.6 Å². The molecule has 12 heteroatoms. The number of anilines is 1. The number of amides is 2. The average Bonchev–Trinajstić information content (AvgIpc) is 3.28. The van der Waals surface area contributed by atoms with Gasteiger partial charge in [0.2, 0.25) is 0 Å². The summed E-state index contributed by atoms with van der Waals surface area (Å²) < 4.78 is 46.6. The highest BCUT2D eigenvalue weighted by atomic mass is 35.5. The predicted molar refractivity (Wildman–Crippen MR) is 119 cm³/mol. The van der Waals surface area contributed by atoms with Crippen molar-refractivity contribution in [2.24, 2.45) is 5.92 Å². The third-order valence-electron chi connectivity index (χ3n) is 6.50. The van der Waals surface area contributed by atoms with Crippen molar-refractivity contribution in [2.75, 3.05) is 18.5 Å². The third kappa shape index (κ3) is 5.01. The molecule has 0 spiro atoms. The summed E-state index contributed by atoms with van der Waals surface area (Å²) in [6, 6.07) is 4.81. The molecule has 8 nitrogen and oxygen atoms in total. The van der Waals surface area contributed by atoms with E-state index >= 15 is 0 Å². The van der Waals surface area contributed by atoms with Crippen molar-refractivity contribution < 1.29 is 27.4 Å². The molecule has 2 bridgehead atoms. The van der Waals surface area contributed by atoms with Gasteiger partial charge >= 0.3 is 12.4 Å². The quantitative estimate of drug-likeness (QED) is 0.513. The van der Waals surface area contributed by atoms with Crippen molar-refractivity contribution in [3.05, 3.63) is 35.6 Å². The lowest BCUT2D eigenvalue weighted by Crippen LogP contribution is -2.76. The zero-order valence-electron chi connectivity index (χ0n) is 18.9. The molecule has 2 aliphatic rings. The zero-order valence-corrected chi connectivity index (χ0v) is 19.6. The van der Waals surface area contributed by atoms with Crippen LogP contribution in [0.1, 0.15) is 39.5 Å². The second-order valence-corrected chi connectivity index (χ2v) is 9.26. The van der Waals surface area contributed by atoms with E-state index in [2.05, 4.69) is 27.2 Å². The van der Waals surface area contributed by atoms with Crippen LogP contribution < -0.4 is 5.32 Å². The number of rotatable bonds is 8. The highest BCUT2D eigenvalue weighted by Crippen LogP contribution is 2.53. The molecule has 1 saturated carbocycles. The van der Waals surface area contributed by atoms with E-state index < -0.39 is 24.6 Å². The maximum absolute atomic E-state index is 13.4. The van der Waals surface area contributed by atoms with Gasteiger partial charge in [-0.25, -0.2) is 4.79 Å². The van der Waals surface area contributed by atoms with Crippen LogP contribution >= 0.6 is 11.6 Å². The molecule has 4 rings (SSSR count). The summed E-state index contributed by atoms with van der Waals surface area (Å²) in [6.45, 7) is 3.25. The van der Waals surface area contributed by atoms with E-state index in [9.17, 15) is 18.0 Å². The van der Waals surface area contributed by atoms with Crippen LogP contribution in [0.15, 0.2) is 30.6 Å². The van der Waals surface area contributed by atoms with Crippen LogP contribution in [0, 0.1) is 5.92 Å². The molecular weight excluding hydrogens is 475 g/mol. The number of nitrogens with one attached hydrogen (secondary N) is 1. The lowest BCUT2D eigenvalue weighted by molar-refractivity contribution is -0.328. The average molecular weight is 502 g/mol. The number of hydrogen-bond acceptors (Lipinski definition) is 5. The van der Waals surface area contributed by atoms with Crippen LogP contribution in [-0.2, 0) is 9.47 Å². The van der Waals surface area contributed by atoms with Crippen molar-refractivity contribution >= 4 is 23.3 Å². The van der Waals surface area contributed by atoms with Gasteiger partial charge in [0.1, 0.15) is 5.69 Å². The molecule has 1 N–H and O–H groups in total. The molecule has 1 aromatic heterocycles. The first-order chi connectivity index (χ1) is 16.1. The van der Waals surface area contributed by atoms with Crippen LogP contribution in [0.2, 0.25) is 5.02 Å². The largest absolute Gasteiger partial charge is 0.522 e. The van der Waals surface area contributed by atoms with Crippen molar-refractivity contribution in [3.63, 3.8) is 0 Å². The van der Waals surface area contributed by atoms with Gasteiger partial charge in [-0.1, -0.05) is 25.4 Å². The topological polar surface area (TPSA) is 81.5 Å². The first-order valence-electron chi connectivity index (χ1n) is 11.2. The Morgan fingerprint density at radius 3 is 2.71 bits per heavy atom. The van der Waals surface area contributed by atoms with E-state index in [-0.39, 0.29) is 18.7 Å². The number of alkyl halides is 3. The molecule has 2 heterocycles. The van der Waals surface area contributed by atoms with Gasteiger partial charge in [-0.2, -0.15) is 15.0 Å². The molecule has 1 aromatic carbocycles. The number of aromatic nitrogens is 3. The normalized spacial score (nSPS) is 25.1. The van der Waals surface area contributed by atoms with Crippen LogP contribution in [-0.4, -0.2) is 63.2 Å². The number of carbonyl (C=O) groups is 1. The van der Waals surface area contributed by atoms with Gasteiger partial charge in [-0.3, -0.25) is 4.74 Å². The SMILES string of the molecule is CCC(OCCOC(F)(F)F)[C@]12CC(C)CC(C1)N2C(=O)Nc1ccc(Cl)c(-n2nccn2)c1.